The third-order valence-corrected chi connectivity index (χ3v) is 6.31. The lowest BCUT2D eigenvalue weighted by molar-refractivity contribution is -0.224. The molecule has 180 valence electrons. The van der Waals surface area contributed by atoms with Crippen molar-refractivity contribution < 1.29 is 40.2 Å². The second kappa shape index (κ2) is 8.99. The summed E-state index contributed by atoms with van der Waals surface area (Å²) in [7, 11) is 0. The van der Waals surface area contributed by atoms with Gasteiger partial charge in [0.25, 0.3) is 0 Å². The summed E-state index contributed by atoms with van der Waals surface area (Å²) in [5, 5.41) is -1.34. The number of hydrogen-bond donors (Lipinski definition) is 0. The van der Waals surface area contributed by atoms with Crippen molar-refractivity contribution in [2.24, 2.45) is 11.8 Å². The standard InChI is InChI=1S/C24H24F6O3/c1-3-5-12-6-8-13(9-7-12)24(29,30)33-17-11-15-19(23(28)21(17)26)18-14(32-15)10-16(31-4-2)20(25)22(18)27/h10-13H,3-9H2,1-2H3. The lowest BCUT2D eigenvalue weighted by atomic mass is 9.79. The Bertz CT molecular complexity index is 1160. The van der Waals surface area contributed by atoms with Gasteiger partial charge in [0.05, 0.1) is 23.3 Å². The summed E-state index contributed by atoms with van der Waals surface area (Å²) in [6, 6.07) is 1.74. The largest absolute Gasteiger partial charge is 0.491 e. The van der Waals surface area contributed by atoms with Crippen LogP contribution in [0.5, 0.6) is 11.5 Å². The zero-order valence-corrected chi connectivity index (χ0v) is 18.3. The summed E-state index contributed by atoms with van der Waals surface area (Å²) in [5.41, 5.74) is -0.767. The Morgan fingerprint density at radius 1 is 0.848 bits per heavy atom. The van der Waals surface area contributed by atoms with E-state index in [4.69, 9.17) is 9.15 Å². The molecule has 1 aliphatic carbocycles. The summed E-state index contributed by atoms with van der Waals surface area (Å²) in [6.07, 6.45) is -0.152. The van der Waals surface area contributed by atoms with E-state index in [2.05, 4.69) is 4.74 Å². The zero-order chi connectivity index (χ0) is 23.9. The lowest BCUT2D eigenvalue weighted by Gasteiger charge is -2.33. The first kappa shape index (κ1) is 23.6. The molecule has 1 aromatic heterocycles. The van der Waals surface area contributed by atoms with Crippen molar-refractivity contribution in [3.05, 3.63) is 35.4 Å². The van der Waals surface area contributed by atoms with Crippen LogP contribution in [0.3, 0.4) is 0 Å². The quantitative estimate of drug-likeness (QED) is 0.324. The molecule has 1 saturated carbocycles. The van der Waals surface area contributed by atoms with E-state index in [-0.39, 0.29) is 25.0 Å². The number of furan rings is 1. The molecule has 0 amide bonds. The highest BCUT2D eigenvalue weighted by molar-refractivity contribution is 6.06. The minimum Gasteiger partial charge on any atom is -0.491 e. The number of hydrogen-bond acceptors (Lipinski definition) is 3. The van der Waals surface area contributed by atoms with Crippen LogP contribution in [0.4, 0.5) is 26.3 Å². The Kier molecular flexibility index (Phi) is 6.42. The molecule has 0 radical (unpaired) electrons. The van der Waals surface area contributed by atoms with Crippen molar-refractivity contribution in [3.8, 4) is 11.5 Å². The fraction of sp³-hybridized carbons (Fsp3) is 0.500. The van der Waals surface area contributed by atoms with Gasteiger partial charge in [0.15, 0.2) is 23.1 Å². The van der Waals surface area contributed by atoms with E-state index < -0.39 is 63.1 Å². The highest BCUT2D eigenvalue weighted by Gasteiger charge is 2.44. The Morgan fingerprint density at radius 2 is 1.39 bits per heavy atom. The molecular formula is C24H24F6O3. The van der Waals surface area contributed by atoms with Crippen molar-refractivity contribution in [1.29, 1.82) is 0 Å². The smallest absolute Gasteiger partial charge is 0.400 e. The van der Waals surface area contributed by atoms with E-state index in [1.807, 2.05) is 6.92 Å². The molecular weight excluding hydrogens is 450 g/mol. The molecule has 0 unspecified atom stereocenters. The molecule has 33 heavy (non-hydrogen) atoms. The molecule has 1 fully saturated rings. The van der Waals surface area contributed by atoms with Gasteiger partial charge in [-0.2, -0.15) is 17.6 Å². The first-order chi connectivity index (χ1) is 15.7. The molecule has 3 nitrogen and oxygen atoms in total. The second-order valence-corrected chi connectivity index (χ2v) is 8.46. The van der Waals surface area contributed by atoms with Crippen molar-refractivity contribution >= 4 is 21.9 Å². The minimum atomic E-state index is -3.73. The topological polar surface area (TPSA) is 31.6 Å². The number of halogens is 6. The maximum Gasteiger partial charge on any atom is 0.400 e. The molecule has 0 N–H and O–H groups in total. The second-order valence-electron chi connectivity index (χ2n) is 8.46. The van der Waals surface area contributed by atoms with Gasteiger partial charge in [-0.1, -0.05) is 19.8 Å². The van der Waals surface area contributed by atoms with Crippen molar-refractivity contribution in [3.63, 3.8) is 0 Å². The average molecular weight is 474 g/mol. The first-order valence-corrected chi connectivity index (χ1v) is 11.1. The summed E-state index contributed by atoms with van der Waals surface area (Å²) >= 11 is 0. The van der Waals surface area contributed by atoms with Crippen LogP contribution in [0, 0.1) is 35.1 Å². The molecule has 0 atom stereocenters. The van der Waals surface area contributed by atoms with E-state index in [9.17, 15) is 26.3 Å². The van der Waals surface area contributed by atoms with Crippen molar-refractivity contribution in [2.75, 3.05) is 6.61 Å². The number of rotatable bonds is 7. The van der Waals surface area contributed by atoms with Crippen LogP contribution >= 0.6 is 0 Å². The van der Waals surface area contributed by atoms with E-state index in [1.165, 1.54) is 0 Å². The minimum absolute atomic E-state index is 0.0263. The van der Waals surface area contributed by atoms with Crippen LogP contribution in [0.15, 0.2) is 16.5 Å². The van der Waals surface area contributed by atoms with E-state index >= 15 is 0 Å². The molecule has 4 rings (SSSR count). The maximum atomic E-state index is 14.9. The van der Waals surface area contributed by atoms with Gasteiger partial charge in [-0.25, -0.2) is 8.78 Å². The number of benzene rings is 2. The predicted molar refractivity (Wildman–Crippen MR) is 111 cm³/mol. The van der Waals surface area contributed by atoms with Gasteiger partial charge in [-0.3, -0.25) is 0 Å². The van der Waals surface area contributed by atoms with Gasteiger partial charge in [0.1, 0.15) is 11.2 Å². The van der Waals surface area contributed by atoms with Gasteiger partial charge in [0.2, 0.25) is 11.6 Å². The highest BCUT2D eigenvalue weighted by atomic mass is 19.3. The Hall–Kier alpha value is -2.58. The Morgan fingerprint density at radius 3 is 1.94 bits per heavy atom. The van der Waals surface area contributed by atoms with Crippen molar-refractivity contribution in [1.82, 2.24) is 0 Å². The molecule has 0 saturated heterocycles. The van der Waals surface area contributed by atoms with E-state index in [1.54, 1.807) is 6.92 Å². The fourth-order valence-electron chi connectivity index (χ4n) is 4.67. The first-order valence-electron chi connectivity index (χ1n) is 11.1. The van der Waals surface area contributed by atoms with E-state index in [0.29, 0.717) is 18.8 Å². The van der Waals surface area contributed by atoms with Crippen LogP contribution < -0.4 is 9.47 Å². The Labute approximate surface area is 186 Å². The van der Waals surface area contributed by atoms with Crippen LogP contribution in [-0.4, -0.2) is 12.7 Å². The molecule has 2 aromatic carbocycles. The van der Waals surface area contributed by atoms with Crippen LogP contribution in [0.25, 0.3) is 21.9 Å². The lowest BCUT2D eigenvalue weighted by Crippen LogP contribution is -2.37. The summed E-state index contributed by atoms with van der Waals surface area (Å²) in [6.45, 7) is 3.61. The maximum absolute atomic E-state index is 14.9. The highest BCUT2D eigenvalue weighted by Crippen LogP contribution is 2.44. The summed E-state index contributed by atoms with van der Waals surface area (Å²) in [4.78, 5) is 0. The SMILES string of the molecule is CCCC1CCC(C(F)(F)Oc2cc3oc4cc(OCC)c(F)c(F)c4c3c(F)c2F)CC1. The van der Waals surface area contributed by atoms with Gasteiger partial charge in [0, 0.05) is 12.1 Å². The van der Waals surface area contributed by atoms with E-state index in [0.717, 1.165) is 25.0 Å². The molecule has 0 aliphatic heterocycles. The van der Waals surface area contributed by atoms with Crippen molar-refractivity contribution in [2.45, 2.75) is 58.5 Å². The summed E-state index contributed by atoms with van der Waals surface area (Å²) in [5.74, 6) is -8.55. The van der Waals surface area contributed by atoms with Gasteiger partial charge < -0.3 is 13.9 Å². The molecule has 3 aromatic rings. The van der Waals surface area contributed by atoms with Gasteiger partial charge in [-0.15, -0.1) is 0 Å². The Balaban J connectivity index is 1.70. The number of fused-ring (bicyclic) bond motifs is 3. The predicted octanol–water partition coefficient (Wildman–Crippen LogP) is 8.12. The van der Waals surface area contributed by atoms with Crippen LogP contribution in [0.2, 0.25) is 0 Å². The molecule has 1 aliphatic rings. The van der Waals surface area contributed by atoms with Crippen LogP contribution in [-0.2, 0) is 0 Å². The summed E-state index contributed by atoms with van der Waals surface area (Å²) < 4.78 is 103. The molecule has 0 bridgehead atoms. The van der Waals surface area contributed by atoms with Gasteiger partial charge >= 0.3 is 6.11 Å². The zero-order valence-electron chi connectivity index (χ0n) is 18.3. The monoisotopic (exact) mass is 474 g/mol. The fourth-order valence-corrected chi connectivity index (χ4v) is 4.67. The number of alkyl halides is 2. The molecule has 9 heteroatoms. The van der Waals surface area contributed by atoms with Gasteiger partial charge in [-0.05, 0) is 38.5 Å². The average Bonchev–Trinajstić information content (AvgIpc) is 3.14. The third-order valence-electron chi connectivity index (χ3n) is 6.31. The molecule has 1 heterocycles. The normalized spacial score (nSPS) is 19.4. The number of ether oxygens (including phenoxy) is 2. The van der Waals surface area contributed by atoms with Crippen LogP contribution in [0.1, 0.15) is 52.4 Å². The molecule has 0 spiro atoms. The third kappa shape index (κ3) is 4.22.